The van der Waals surface area contributed by atoms with E-state index in [0.29, 0.717) is 27.0 Å². The average Bonchev–Trinajstić information content (AvgIpc) is 2.91. The fraction of sp³-hybridized carbons (Fsp3) is 0.267. The molecule has 39 heavy (non-hydrogen) atoms. The van der Waals surface area contributed by atoms with Gasteiger partial charge in [0.25, 0.3) is 0 Å². The minimum absolute atomic E-state index is 0.113. The minimum atomic E-state index is -0.878. The molecular weight excluding hydrogens is 534 g/mol. The molecule has 1 aliphatic rings. The van der Waals surface area contributed by atoms with Crippen LogP contribution < -0.4 is 10.7 Å². The number of ether oxygens (including phenoxy) is 2. The third-order valence-corrected chi connectivity index (χ3v) is 8.28. The van der Waals surface area contributed by atoms with Gasteiger partial charge in [-0.2, -0.15) is 0 Å². The molecule has 3 aromatic rings. The molecule has 1 unspecified atom stereocenters. The molecule has 0 saturated heterocycles. The SMILES string of the molecule is CCOC(=O)C1=C(C)NC(CSC(C)=O)=C(C(=O)OCC)C1c1cccc2c(=O)cc(-c3ccccc3)sc12. The number of carbonyl (C=O) groups excluding carboxylic acids is 3. The van der Waals surface area contributed by atoms with Crippen molar-refractivity contribution < 1.29 is 23.9 Å². The zero-order valence-corrected chi connectivity index (χ0v) is 23.8. The topological polar surface area (TPSA) is 98.8 Å². The van der Waals surface area contributed by atoms with E-state index in [-0.39, 0.29) is 40.7 Å². The maximum Gasteiger partial charge on any atom is 0.336 e. The van der Waals surface area contributed by atoms with Crippen LogP contribution in [0.15, 0.2) is 81.9 Å². The Kier molecular flexibility index (Phi) is 9.04. The Hall–Kier alpha value is -3.69. The Bertz CT molecular complexity index is 1550. The lowest BCUT2D eigenvalue weighted by Crippen LogP contribution is -2.34. The Morgan fingerprint density at radius 2 is 1.62 bits per heavy atom. The predicted molar refractivity (Wildman–Crippen MR) is 156 cm³/mol. The molecule has 9 heteroatoms. The fourth-order valence-electron chi connectivity index (χ4n) is 4.60. The van der Waals surface area contributed by atoms with Gasteiger partial charge in [0.15, 0.2) is 10.5 Å². The number of carbonyl (C=O) groups is 3. The summed E-state index contributed by atoms with van der Waals surface area (Å²) in [4.78, 5) is 52.8. The van der Waals surface area contributed by atoms with Crippen LogP contribution in [0.2, 0.25) is 0 Å². The summed E-state index contributed by atoms with van der Waals surface area (Å²) < 4.78 is 11.5. The molecule has 0 saturated carbocycles. The predicted octanol–water partition coefficient (Wildman–Crippen LogP) is 5.55. The number of dihydropyridines is 1. The normalized spacial score (nSPS) is 15.2. The van der Waals surface area contributed by atoms with Crippen LogP contribution in [0.25, 0.3) is 20.5 Å². The van der Waals surface area contributed by atoms with Crippen molar-refractivity contribution >= 4 is 50.2 Å². The first-order valence-corrected chi connectivity index (χ1v) is 14.4. The summed E-state index contributed by atoms with van der Waals surface area (Å²) in [7, 11) is 0. The molecular formula is C30H29NO6S2. The molecule has 2 heterocycles. The number of allylic oxidation sites excluding steroid dienone is 1. The number of hydrogen-bond acceptors (Lipinski definition) is 9. The first-order valence-electron chi connectivity index (χ1n) is 12.6. The maximum absolute atomic E-state index is 13.5. The Morgan fingerprint density at radius 1 is 0.949 bits per heavy atom. The van der Waals surface area contributed by atoms with Crippen LogP contribution in [0.3, 0.4) is 0 Å². The minimum Gasteiger partial charge on any atom is -0.463 e. The summed E-state index contributed by atoms with van der Waals surface area (Å²) in [6.07, 6.45) is 0. The van der Waals surface area contributed by atoms with Crippen LogP contribution in [-0.4, -0.2) is 36.0 Å². The van der Waals surface area contributed by atoms with Gasteiger partial charge in [-0.05, 0) is 38.0 Å². The van der Waals surface area contributed by atoms with Crippen molar-refractivity contribution in [3.05, 3.63) is 92.9 Å². The van der Waals surface area contributed by atoms with Gasteiger partial charge in [-0.25, -0.2) is 9.59 Å². The Labute approximate surface area is 234 Å². The lowest BCUT2D eigenvalue weighted by atomic mass is 9.80. The molecule has 1 aromatic heterocycles. The number of benzene rings is 2. The number of esters is 2. The van der Waals surface area contributed by atoms with Gasteiger partial charge in [-0.3, -0.25) is 9.59 Å². The summed E-state index contributed by atoms with van der Waals surface area (Å²) in [5, 5.41) is 3.55. The maximum atomic E-state index is 13.5. The lowest BCUT2D eigenvalue weighted by molar-refractivity contribution is -0.139. The highest BCUT2D eigenvalue weighted by atomic mass is 32.2. The van der Waals surface area contributed by atoms with E-state index >= 15 is 0 Å². The third kappa shape index (κ3) is 5.99. The molecule has 0 bridgehead atoms. The molecule has 202 valence electrons. The molecule has 7 nitrogen and oxygen atoms in total. The van der Waals surface area contributed by atoms with Gasteiger partial charge < -0.3 is 14.8 Å². The van der Waals surface area contributed by atoms with Gasteiger partial charge in [-0.15, -0.1) is 11.3 Å². The van der Waals surface area contributed by atoms with E-state index in [1.165, 1.54) is 18.3 Å². The quantitative estimate of drug-likeness (QED) is 0.356. The fourth-order valence-corrected chi connectivity index (χ4v) is 6.39. The number of fused-ring (bicyclic) bond motifs is 1. The van der Waals surface area contributed by atoms with Crippen molar-refractivity contribution in [3.8, 4) is 10.4 Å². The molecule has 4 rings (SSSR count). The van der Waals surface area contributed by atoms with E-state index in [9.17, 15) is 19.2 Å². The first kappa shape index (κ1) is 28.3. The van der Waals surface area contributed by atoms with E-state index in [0.717, 1.165) is 22.2 Å². The number of thioether (sulfide) groups is 1. The van der Waals surface area contributed by atoms with Crippen LogP contribution >= 0.6 is 23.1 Å². The standard InChI is InChI=1S/C30H29NO6S2/c1-5-36-29(34)25-17(3)31-22(16-38-18(4)32)27(30(35)37-6-2)26(25)21-14-10-13-20-23(33)15-24(39-28(20)21)19-11-8-7-9-12-19/h7-15,26,31H,5-6,16H2,1-4H3. The van der Waals surface area contributed by atoms with Crippen molar-refractivity contribution in [2.45, 2.75) is 33.6 Å². The van der Waals surface area contributed by atoms with E-state index in [1.54, 1.807) is 39.0 Å². The lowest BCUT2D eigenvalue weighted by Gasteiger charge is -2.32. The van der Waals surface area contributed by atoms with Crippen LogP contribution in [0.5, 0.6) is 0 Å². The molecule has 0 aliphatic carbocycles. The average molecular weight is 564 g/mol. The first-order chi connectivity index (χ1) is 18.8. The van der Waals surface area contributed by atoms with Gasteiger partial charge in [-0.1, -0.05) is 54.2 Å². The third-order valence-electron chi connectivity index (χ3n) is 6.21. The van der Waals surface area contributed by atoms with Crippen molar-refractivity contribution in [3.63, 3.8) is 0 Å². The second-order valence-electron chi connectivity index (χ2n) is 8.77. The van der Waals surface area contributed by atoms with Gasteiger partial charge in [0.2, 0.25) is 0 Å². The van der Waals surface area contributed by atoms with E-state index in [1.807, 2.05) is 36.4 Å². The van der Waals surface area contributed by atoms with E-state index in [4.69, 9.17) is 9.47 Å². The molecule has 1 atom stereocenters. The zero-order valence-electron chi connectivity index (χ0n) is 22.2. The van der Waals surface area contributed by atoms with Gasteiger partial charge in [0.05, 0.1) is 30.3 Å². The summed E-state index contributed by atoms with van der Waals surface area (Å²) in [6, 6.07) is 16.5. The van der Waals surface area contributed by atoms with Crippen molar-refractivity contribution in [1.82, 2.24) is 5.32 Å². The molecule has 1 aliphatic heterocycles. The summed E-state index contributed by atoms with van der Waals surface area (Å²) in [5.41, 5.74) is 2.81. The smallest absolute Gasteiger partial charge is 0.336 e. The van der Waals surface area contributed by atoms with Crippen LogP contribution in [0, 0.1) is 0 Å². The van der Waals surface area contributed by atoms with E-state index < -0.39 is 17.9 Å². The van der Waals surface area contributed by atoms with Crippen molar-refractivity contribution in [2.75, 3.05) is 19.0 Å². The summed E-state index contributed by atoms with van der Waals surface area (Å²) in [5.74, 6) is -1.87. The van der Waals surface area contributed by atoms with Gasteiger partial charge >= 0.3 is 11.9 Å². The summed E-state index contributed by atoms with van der Waals surface area (Å²) >= 11 is 2.47. The highest BCUT2D eigenvalue weighted by Crippen LogP contribution is 2.44. The monoisotopic (exact) mass is 563 g/mol. The second-order valence-corrected chi connectivity index (χ2v) is 11.0. The Balaban J connectivity index is 2.05. The van der Waals surface area contributed by atoms with Gasteiger partial charge in [0, 0.05) is 45.1 Å². The van der Waals surface area contributed by atoms with Crippen molar-refractivity contribution in [2.24, 2.45) is 0 Å². The zero-order chi connectivity index (χ0) is 28.1. The van der Waals surface area contributed by atoms with Crippen LogP contribution in [-0.2, 0) is 23.9 Å². The molecule has 0 radical (unpaired) electrons. The molecule has 1 N–H and O–H groups in total. The second kappa shape index (κ2) is 12.4. The Morgan fingerprint density at radius 3 is 2.26 bits per heavy atom. The van der Waals surface area contributed by atoms with Crippen LogP contribution in [0.4, 0.5) is 0 Å². The highest BCUT2D eigenvalue weighted by Gasteiger charge is 2.40. The summed E-state index contributed by atoms with van der Waals surface area (Å²) in [6.45, 7) is 6.89. The van der Waals surface area contributed by atoms with Gasteiger partial charge in [0.1, 0.15) is 0 Å². The van der Waals surface area contributed by atoms with E-state index in [2.05, 4.69) is 5.32 Å². The molecule has 0 fully saturated rings. The van der Waals surface area contributed by atoms with Crippen LogP contribution in [0.1, 0.15) is 39.2 Å². The number of hydrogen-bond donors (Lipinski definition) is 1. The molecule has 0 spiro atoms. The van der Waals surface area contributed by atoms with Crippen molar-refractivity contribution in [1.29, 1.82) is 0 Å². The highest BCUT2D eigenvalue weighted by molar-refractivity contribution is 8.13. The number of nitrogens with one attached hydrogen (secondary N) is 1. The molecule has 0 amide bonds. The molecule has 2 aromatic carbocycles. The largest absolute Gasteiger partial charge is 0.463 e. The number of rotatable bonds is 8.